The van der Waals surface area contributed by atoms with Gasteiger partial charge in [0, 0.05) is 11.0 Å². The van der Waals surface area contributed by atoms with Gasteiger partial charge in [0.2, 0.25) is 0 Å². The van der Waals surface area contributed by atoms with E-state index in [0.717, 1.165) is 29.9 Å². The Morgan fingerprint density at radius 1 is 1.26 bits per heavy atom. The van der Waals surface area contributed by atoms with Crippen LogP contribution in [0.5, 0.6) is 5.75 Å². The van der Waals surface area contributed by atoms with Crippen molar-refractivity contribution >= 4 is 15.9 Å². The smallest absolute Gasteiger partial charge is 0.119 e. The highest BCUT2D eigenvalue weighted by Crippen LogP contribution is 2.43. The zero-order valence-corrected chi connectivity index (χ0v) is 13.3. The summed E-state index contributed by atoms with van der Waals surface area (Å²) in [6, 6.07) is 8.09. The van der Waals surface area contributed by atoms with Gasteiger partial charge >= 0.3 is 0 Å². The Labute approximate surface area is 125 Å². The Morgan fingerprint density at radius 3 is 2.58 bits per heavy atom. The average Bonchev–Trinajstić information content (AvgIpc) is 2.37. The third-order valence-corrected chi connectivity index (χ3v) is 4.58. The topological polar surface area (TPSA) is 21.3 Å². The van der Waals surface area contributed by atoms with E-state index in [2.05, 4.69) is 28.2 Å². The minimum atomic E-state index is 0.504. The molecule has 0 atom stereocenters. The van der Waals surface area contributed by atoms with Crippen molar-refractivity contribution in [1.82, 2.24) is 5.32 Å². The van der Waals surface area contributed by atoms with Gasteiger partial charge in [-0.25, -0.2) is 0 Å². The number of hydrogen-bond acceptors (Lipinski definition) is 2. The Bertz CT molecular complexity index is 373. The maximum Gasteiger partial charge on any atom is 0.119 e. The molecule has 1 N–H and O–H groups in total. The fourth-order valence-electron chi connectivity index (χ4n) is 2.64. The van der Waals surface area contributed by atoms with Crippen molar-refractivity contribution in [3.63, 3.8) is 0 Å². The normalized spacial score (nSPS) is 16.9. The molecule has 1 aliphatic carbocycles. The summed E-state index contributed by atoms with van der Waals surface area (Å²) in [6.45, 7) is 5.34. The molecule has 2 nitrogen and oxygen atoms in total. The highest BCUT2D eigenvalue weighted by atomic mass is 79.9. The second-order valence-electron chi connectivity index (χ2n) is 5.58. The Balaban J connectivity index is 1.72. The quantitative estimate of drug-likeness (QED) is 0.716. The van der Waals surface area contributed by atoms with E-state index in [1.165, 1.54) is 32.1 Å². The molecule has 0 amide bonds. The van der Waals surface area contributed by atoms with E-state index in [9.17, 15) is 0 Å². The molecule has 106 valence electrons. The van der Waals surface area contributed by atoms with Crippen LogP contribution >= 0.6 is 15.9 Å². The molecule has 1 saturated carbocycles. The minimum Gasteiger partial charge on any atom is -0.494 e. The summed E-state index contributed by atoms with van der Waals surface area (Å²) in [6.07, 6.45) is 6.47. The Hall–Kier alpha value is -0.540. The first-order valence-corrected chi connectivity index (χ1v) is 8.12. The summed E-state index contributed by atoms with van der Waals surface area (Å²) in [4.78, 5) is 0. The lowest BCUT2D eigenvalue weighted by Gasteiger charge is -2.42. The predicted octanol–water partition coefficient (Wildman–Crippen LogP) is 4.39. The molecule has 1 aromatic carbocycles. The molecule has 0 heterocycles. The first-order chi connectivity index (χ1) is 9.24. The van der Waals surface area contributed by atoms with Gasteiger partial charge in [-0.05, 0) is 61.9 Å². The number of hydrogen-bond donors (Lipinski definition) is 1. The van der Waals surface area contributed by atoms with E-state index in [1.54, 1.807) is 0 Å². The molecule has 0 saturated heterocycles. The van der Waals surface area contributed by atoms with Gasteiger partial charge in [0.25, 0.3) is 0 Å². The molecular formula is C16H24BrNO. The molecule has 0 radical (unpaired) electrons. The van der Waals surface area contributed by atoms with Gasteiger partial charge in [-0.1, -0.05) is 29.3 Å². The van der Waals surface area contributed by atoms with E-state index in [0.29, 0.717) is 5.41 Å². The molecule has 0 spiro atoms. The fraction of sp³-hybridized carbons (Fsp3) is 0.625. The highest BCUT2D eigenvalue weighted by Gasteiger charge is 2.36. The van der Waals surface area contributed by atoms with Gasteiger partial charge in [0.1, 0.15) is 5.75 Å². The Morgan fingerprint density at radius 2 is 2.00 bits per heavy atom. The summed E-state index contributed by atoms with van der Waals surface area (Å²) >= 11 is 3.44. The first-order valence-electron chi connectivity index (χ1n) is 7.33. The van der Waals surface area contributed by atoms with Crippen LogP contribution in [0.4, 0.5) is 0 Å². The standard InChI is InChI=1S/C16H24BrNO/c1-2-11-18-13-16(8-3-9-16)10-12-19-15-6-4-14(17)5-7-15/h4-7,18H,2-3,8-13H2,1H3. The predicted molar refractivity (Wildman–Crippen MR) is 83.7 cm³/mol. The van der Waals surface area contributed by atoms with Gasteiger partial charge in [-0.3, -0.25) is 0 Å². The van der Waals surface area contributed by atoms with Crippen LogP contribution in [0.25, 0.3) is 0 Å². The second-order valence-corrected chi connectivity index (χ2v) is 6.50. The van der Waals surface area contributed by atoms with Gasteiger partial charge in [0.05, 0.1) is 6.61 Å². The number of ether oxygens (including phenoxy) is 1. The molecule has 1 aliphatic rings. The van der Waals surface area contributed by atoms with Crippen LogP contribution in [-0.4, -0.2) is 19.7 Å². The van der Waals surface area contributed by atoms with Crippen LogP contribution in [0.1, 0.15) is 39.0 Å². The van der Waals surface area contributed by atoms with E-state index >= 15 is 0 Å². The molecule has 3 heteroatoms. The molecular weight excluding hydrogens is 302 g/mol. The highest BCUT2D eigenvalue weighted by molar-refractivity contribution is 9.10. The van der Waals surface area contributed by atoms with Crippen molar-refractivity contribution in [2.24, 2.45) is 5.41 Å². The van der Waals surface area contributed by atoms with Crippen LogP contribution in [0, 0.1) is 5.41 Å². The van der Waals surface area contributed by atoms with Crippen molar-refractivity contribution in [2.45, 2.75) is 39.0 Å². The van der Waals surface area contributed by atoms with Crippen LogP contribution in [-0.2, 0) is 0 Å². The van der Waals surface area contributed by atoms with Crippen molar-refractivity contribution in [1.29, 1.82) is 0 Å². The number of rotatable bonds is 8. The fourth-order valence-corrected chi connectivity index (χ4v) is 2.90. The second kappa shape index (κ2) is 7.30. The summed E-state index contributed by atoms with van der Waals surface area (Å²) in [5, 5.41) is 3.57. The Kier molecular flexibility index (Phi) is 5.71. The van der Waals surface area contributed by atoms with E-state index in [4.69, 9.17) is 4.74 Å². The molecule has 0 aromatic heterocycles. The number of halogens is 1. The van der Waals surface area contributed by atoms with E-state index < -0.39 is 0 Å². The largest absolute Gasteiger partial charge is 0.494 e. The molecule has 0 unspecified atom stereocenters. The zero-order valence-electron chi connectivity index (χ0n) is 11.8. The number of nitrogens with one attached hydrogen (secondary N) is 1. The number of benzene rings is 1. The summed E-state index contributed by atoms with van der Waals surface area (Å²) < 4.78 is 6.95. The van der Waals surface area contributed by atoms with Gasteiger partial charge in [-0.2, -0.15) is 0 Å². The minimum absolute atomic E-state index is 0.504. The molecule has 1 aromatic rings. The average molecular weight is 326 g/mol. The summed E-state index contributed by atoms with van der Waals surface area (Å²) in [5.41, 5.74) is 0.504. The first kappa shape index (κ1) is 14.9. The maximum absolute atomic E-state index is 5.85. The molecule has 1 fully saturated rings. The van der Waals surface area contributed by atoms with Crippen LogP contribution in [0.3, 0.4) is 0 Å². The van der Waals surface area contributed by atoms with Crippen molar-refractivity contribution in [2.75, 3.05) is 19.7 Å². The molecule has 2 rings (SSSR count). The third kappa shape index (κ3) is 4.50. The lowest BCUT2D eigenvalue weighted by molar-refractivity contribution is 0.0923. The van der Waals surface area contributed by atoms with E-state index in [1.807, 2.05) is 24.3 Å². The maximum atomic E-state index is 5.85. The van der Waals surface area contributed by atoms with Crippen molar-refractivity contribution in [3.8, 4) is 5.75 Å². The van der Waals surface area contributed by atoms with Crippen LogP contribution in [0.15, 0.2) is 28.7 Å². The van der Waals surface area contributed by atoms with Crippen molar-refractivity contribution < 1.29 is 4.74 Å². The van der Waals surface area contributed by atoms with Gasteiger partial charge in [-0.15, -0.1) is 0 Å². The SMILES string of the molecule is CCCNCC1(CCOc2ccc(Br)cc2)CCC1. The van der Waals surface area contributed by atoms with Gasteiger partial charge in [0.15, 0.2) is 0 Å². The molecule has 19 heavy (non-hydrogen) atoms. The van der Waals surface area contributed by atoms with Gasteiger partial charge < -0.3 is 10.1 Å². The third-order valence-electron chi connectivity index (χ3n) is 4.06. The summed E-state index contributed by atoms with van der Waals surface area (Å²) in [7, 11) is 0. The molecule has 0 aliphatic heterocycles. The lowest BCUT2D eigenvalue weighted by atomic mass is 9.67. The zero-order chi connectivity index (χ0) is 13.6. The monoisotopic (exact) mass is 325 g/mol. The summed E-state index contributed by atoms with van der Waals surface area (Å²) in [5.74, 6) is 0.971. The van der Waals surface area contributed by atoms with E-state index in [-0.39, 0.29) is 0 Å². The molecule has 0 bridgehead atoms. The van der Waals surface area contributed by atoms with Crippen LogP contribution in [0.2, 0.25) is 0 Å². The van der Waals surface area contributed by atoms with Crippen molar-refractivity contribution in [3.05, 3.63) is 28.7 Å². The van der Waals surface area contributed by atoms with Crippen LogP contribution < -0.4 is 10.1 Å². The lowest BCUT2D eigenvalue weighted by Crippen LogP contribution is -2.41.